The smallest absolute Gasteiger partial charge is 0.242 e. The lowest BCUT2D eigenvalue weighted by Crippen LogP contribution is -2.49. The highest BCUT2D eigenvalue weighted by atomic mass is 32.2. The minimum atomic E-state index is -0.395. The van der Waals surface area contributed by atoms with Gasteiger partial charge >= 0.3 is 0 Å². The van der Waals surface area contributed by atoms with Crippen LogP contribution < -0.4 is 10.6 Å². The largest absolute Gasteiger partial charge is 0.354 e. The third-order valence-electron chi connectivity index (χ3n) is 6.49. The maximum absolute atomic E-state index is 12.7. The van der Waals surface area contributed by atoms with E-state index in [4.69, 9.17) is 0 Å². The molecule has 1 aliphatic carbocycles. The number of nitrogens with one attached hydrogen (secondary N) is 2. The molecule has 0 aromatic heterocycles. The lowest BCUT2D eigenvalue weighted by Gasteiger charge is -2.33. The third-order valence-corrected chi connectivity index (χ3v) is 7.14. The van der Waals surface area contributed by atoms with Gasteiger partial charge in [-0.25, -0.2) is 0 Å². The molecule has 0 radical (unpaired) electrons. The monoisotopic (exact) mass is 411 g/mol. The highest BCUT2D eigenvalue weighted by molar-refractivity contribution is 7.98. The van der Waals surface area contributed by atoms with Gasteiger partial charge in [0.15, 0.2) is 0 Å². The molecule has 2 unspecified atom stereocenters. The molecule has 0 aromatic carbocycles. The van der Waals surface area contributed by atoms with E-state index in [-0.39, 0.29) is 17.7 Å². The van der Waals surface area contributed by atoms with Crippen LogP contribution in [0.1, 0.15) is 71.6 Å². The van der Waals surface area contributed by atoms with Crippen molar-refractivity contribution in [2.24, 2.45) is 11.8 Å². The minimum Gasteiger partial charge on any atom is -0.354 e. The zero-order chi connectivity index (χ0) is 20.4. The molecule has 28 heavy (non-hydrogen) atoms. The van der Waals surface area contributed by atoms with Gasteiger partial charge in [-0.1, -0.05) is 13.3 Å². The van der Waals surface area contributed by atoms with Crippen molar-refractivity contribution in [1.29, 1.82) is 0 Å². The summed E-state index contributed by atoms with van der Waals surface area (Å²) >= 11 is 1.72. The van der Waals surface area contributed by atoms with E-state index in [0.717, 1.165) is 50.3 Å². The molecule has 1 aliphatic heterocycles. The first-order chi connectivity index (χ1) is 13.5. The SMILES string of the molecule is CSCCC(NC(=O)C1CCC(C)CC1)C(=O)NCCCN1CCCCC1C. The summed E-state index contributed by atoms with van der Waals surface area (Å²) in [5, 5.41) is 6.13. The molecule has 162 valence electrons. The fraction of sp³-hybridized carbons (Fsp3) is 0.909. The van der Waals surface area contributed by atoms with Crippen molar-refractivity contribution >= 4 is 23.6 Å². The first-order valence-electron chi connectivity index (χ1n) is 11.3. The average molecular weight is 412 g/mol. The summed E-state index contributed by atoms with van der Waals surface area (Å²) in [4.78, 5) is 27.9. The normalized spacial score (nSPS) is 27.2. The Bertz CT molecular complexity index is 480. The van der Waals surface area contributed by atoms with Crippen molar-refractivity contribution in [3.05, 3.63) is 0 Å². The van der Waals surface area contributed by atoms with Gasteiger partial charge in [-0.3, -0.25) is 9.59 Å². The topological polar surface area (TPSA) is 61.4 Å². The van der Waals surface area contributed by atoms with E-state index >= 15 is 0 Å². The Morgan fingerprint density at radius 3 is 2.54 bits per heavy atom. The number of hydrogen-bond acceptors (Lipinski definition) is 4. The van der Waals surface area contributed by atoms with Crippen LogP contribution in [0.15, 0.2) is 0 Å². The molecule has 0 spiro atoms. The summed E-state index contributed by atoms with van der Waals surface area (Å²) in [6, 6.07) is 0.268. The lowest BCUT2D eigenvalue weighted by molar-refractivity contribution is -0.132. The van der Waals surface area contributed by atoms with E-state index in [1.54, 1.807) is 11.8 Å². The molecule has 2 atom stereocenters. The Hall–Kier alpha value is -0.750. The second kappa shape index (κ2) is 12.7. The van der Waals surface area contributed by atoms with E-state index in [1.807, 2.05) is 6.26 Å². The van der Waals surface area contributed by atoms with Gasteiger partial charge in [-0.05, 0) is 82.8 Å². The first kappa shape index (κ1) is 23.5. The molecule has 5 nitrogen and oxygen atoms in total. The maximum atomic E-state index is 12.7. The van der Waals surface area contributed by atoms with Crippen LogP contribution >= 0.6 is 11.8 Å². The Kier molecular flexibility index (Phi) is 10.7. The molecule has 1 heterocycles. The van der Waals surface area contributed by atoms with Crippen LogP contribution in [-0.2, 0) is 9.59 Å². The van der Waals surface area contributed by atoms with Crippen molar-refractivity contribution in [1.82, 2.24) is 15.5 Å². The summed E-state index contributed by atoms with van der Waals surface area (Å²) in [7, 11) is 0. The lowest BCUT2D eigenvalue weighted by atomic mass is 9.82. The van der Waals surface area contributed by atoms with E-state index in [0.29, 0.717) is 19.0 Å². The molecular weight excluding hydrogens is 370 g/mol. The quantitative estimate of drug-likeness (QED) is 0.541. The second-order valence-electron chi connectivity index (χ2n) is 8.82. The van der Waals surface area contributed by atoms with Crippen LogP contribution in [0.3, 0.4) is 0 Å². The van der Waals surface area contributed by atoms with Crippen molar-refractivity contribution in [2.45, 2.75) is 83.7 Å². The summed E-state index contributed by atoms with van der Waals surface area (Å²) < 4.78 is 0. The summed E-state index contributed by atoms with van der Waals surface area (Å²) in [5.41, 5.74) is 0. The van der Waals surface area contributed by atoms with Crippen LogP contribution in [0.2, 0.25) is 0 Å². The number of hydrogen-bond donors (Lipinski definition) is 2. The van der Waals surface area contributed by atoms with Crippen LogP contribution in [0.25, 0.3) is 0 Å². The molecule has 2 N–H and O–H groups in total. The van der Waals surface area contributed by atoms with E-state index in [1.165, 1.54) is 25.8 Å². The summed E-state index contributed by atoms with van der Waals surface area (Å²) in [6.45, 7) is 7.48. The number of carbonyl (C=O) groups is 2. The maximum Gasteiger partial charge on any atom is 0.242 e. The molecule has 0 aromatic rings. The number of nitrogens with zero attached hydrogens (tertiary/aromatic N) is 1. The number of rotatable bonds is 10. The van der Waals surface area contributed by atoms with Gasteiger partial charge in [0, 0.05) is 25.0 Å². The summed E-state index contributed by atoms with van der Waals surface area (Å²) in [6.07, 6.45) is 11.8. The Labute approximate surface area is 176 Å². The molecule has 2 amide bonds. The molecule has 1 saturated heterocycles. The highest BCUT2D eigenvalue weighted by Gasteiger charge is 2.28. The van der Waals surface area contributed by atoms with Crippen molar-refractivity contribution < 1.29 is 9.59 Å². The third kappa shape index (κ3) is 7.94. The molecule has 2 aliphatic rings. The zero-order valence-electron chi connectivity index (χ0n) is 18.2. The van der Waals surface area contributed by atoms with Gasteiger partial charge in [-0.2, -0.15) is 11.8 Å². The number of amides is 2. The van der Waals surface area contributed by atoms with Crippen LogP contribution in [-0.4, -0.2) is 60.4 Å². The first-order valence-corrected chi connectivity index (χ1v) is 12.7. The average Bonchev–Trinajstić information content (AvgIpc) is 2.69. The molecule has 2 fully saturated rings. The standard InChI is InChI=1S/C22H41N3O2S/c1-17-8-10-19(11-9-17)21(26)24-20(12-16-28-3)22(27)23-13-6-15-25-14-5-4-7-18(25)2/h17-20H,4-16H2,1-3H3,(H,23,27)(H,24,26). The Morgan fingerprint density at radius 2 is 1.86 bits per heavy atom. The van der Waals surface area contributed by atoms with Gasteiger partial charge < -0.3 is 15.5 Å². The second-order valence-corrected chi connectivity index (χ2v) is 9.81. The van der Waals surface area contributed by atoms with Crippen molar-refractivity contribution in [3.8, 4) is 0 Å². The van der Waals surface area contributed by atoms with E-state index in [2.05, 4.69) is 29.4 Å². The van der Waals surface area contributed by atoms with Gasteiger partial charge in [0.2, 0.25) is 11.8 Å². The highest BCUT2D eigenvalue weighted by Crippen LogP contribution is 2.28. The minimum absolute atomic E-state index is 0.0155. The number of carbonyl (C=O) groups excluding carboxylic acids is 2. The van der Waals surface area contributed by atoms with Gasteiger partial charge in [-0.15, -0.1) is 0 Å². The number of likely N-dealkylation sites (tertiary alicyclic amines) is 1. The van der Waals surface area contributed by atoms with E-state index in [9.17, 15) is 9.59 Å². The predicted octanol–water partition coefficient (Wildman–Crippen LogP) is 3.43. The molecule has 6 heteroatoms. The molecular formula is C22H41N3O2S. The van der Waals surface area contributed by atoms with Crippen LogP contribution in [0, 0.1) is 11.8 Å². The van der Waals surface area contributed by atoms with E-state index < -0.39 is 6.04 Å². The Balaban J connectivity index is 1.73. The molecule has 1 saturated carbocycles. The van der Waals surface area contributed by atoms with Crippen LogP contribution in [0.4, 0.5) is 0 Å². The molecule has 2 rings (SSSR count). The summed E-state index contributed by atoms with van der Waals surface area (Å²) in [5.74, 6) is 1.75. The number of piperidine rings is 1. The predicted molar refractivity (Wildman–Crippen MR) is 119 cm³/mol. The van der Waals surface area contributed by atoms with Gasteiger partial charge in [0.05, 0.1) is 0 Å². The van der Waals surface area contributed by atoms with Crippen molar-refractivity contribution in [2.75, 3.05) is 31.6 Å². The van der Waals surface area contributed by atoms with Gasteiger partial charge in [0.25, 0.3) is 0 Å². The number of thioether (sulfide) groups is 1. The van der Waals surface area contributed by atoms with Crippen LogP contribution in [0.5, 0.6) is 0 Å². The van der Waals surface area contributed by atoms with Crippen molar-refractivity contribution in [3.63, 3.8) is 0 Å². The zero-order valence-corrected chi connectivity index (χ0v) is 19.0. The fourth-order valence-electron chi connectivity index (χ4n) is 4.42. The van der Waals surface area contributed by atoms with Gasteiger partial charge in [0.1, 0.15) is 6.04 Å². The fourth-order valence-corrected chi connectivity index (χ4v) is 4.89. The molecule has 0 bridgehead atoms. The Morgan fingerprint density at radius 1 is 1.11 bits per heavy atom.